The number of carbonyl (C=O) groups excluding carboxylic acids is 1. The van der Waals surface area contributed by atoms with Crippen molar-refractivity contribution in [2.24, 2.45) is 5.92 Å². The Bertz CT molecular complexity index is 513. The molecule has 1 N–H and O–H groups in total. The Morgan fingerprint density at radius 2 is 1.95 bits per heavy atom. The van der Waals surface area contributed by atoms with Gasteiger partial charge in [0.1, 0.15) is 0 Å². The molecule has 6 heteroatoms. The number of nitrogens with one attached hydrogen (secondary N) is 1. The van der Waals surface area contributed by atoms with E-state index in [0.717, 1.165) is 5.56 Å². The number of rotatable bonds is 3. The van der Waals surface area contributed by atoms with Crippen LogP contribution in [0.1, 0.15) is 25.3 Å². The molecule has 1 aromatic carbocycles. The van der Waals surface area contributed by atoms with Gasteiger partial charge in [0.15, 0.2) is 0 Å². The largest absolute Gasteiger partial charge is 0.393 e. The fourth-order valence-corrected chi connectivity index (χ4v) is 2.67. The molecule has 122 valence electrons. The lowest BCUT2D eigenvalue weighted by Gasteiger charge is -2.36. The van der Waals surface area contributed by atoms with Crippen molar-refractivity contribution in [3.05, 3.63) is 29.8 Å². The second-order valence-electron chi connectivity index (χ2n) is 5.91. The molecule has 1 heterocycles. The van der Waals surface area contributed by atoms with E-state index >= 15 is 0 Å². The molecule has 0 radical (unpaired) electrons. The standard InChI is InChI=1S/C16H21F3N2O/c1-11-5-7-14(8-6-11)20-15(22)12(2)21-9-3-4-13(10-21)16(17,18)19/h5-8,12-13H,3-4,9-10H2,1-2H3,(H,20,22). The Morgan fingerprint density at radius 1 is 1.32 bits per heavy atom. The third-order valence-electron chi connectivity index (χ3n) is 4.16. The quantitative estimate of drug-likeness (QED) is 0.924. The molecule has 2 atom stereocenters. The van der Waals surface area contributed by atoms with E-state index in [1.165, 1.54) is 0 Å². The number of hydrogen-bond donors (Lipinski definition) is 1. The van der Waals surface area contributed by atoms with Gasteiger partial charge in [-0.05, 0) is 45.4 Å². The number of piperidine rings is 1. The molecule has 1 aromatic rings. The number of anilines is 1. The second-order valence-corrected chi connectivity index (χ2v) is 5.91. The van der Waals surface area contributed by atoms with Crippen LogP contribution in [0.2, 0.25) is 0 Å². The first kappa shape index (κ1) is 16.8. The van der Waals surface area contributed by atoms with Gasteiger partial charge in [0.05, 0.1) is 12.0 Å². The van der Waals surface area contributed by atoms with Crippen molar-refractivity contribution < 1.29 is 18.0 Å². The van der Waals surface area contributed by atoms with Gasteiger partial charge < -0.3 is 5.32 Å². The SMILES string of the molecule is Cc1ccc(NC(=O)C(C)N2CCCC(C(F)(F)F)C2)cc1. The molecule has 1 fully saturated rings. The van der Waals surface area contributed by atoms with E-state index in [9.17, 15) is 18.0 Å². The lowest BCUT2D eigenvalue weighted by atomic mass is 9.96. The van der Waals surface area contributed by atoms with Crippen LogP contribution in [0.4, 0.5) is 18.9 Å². The molecule has 3 nitrogen and oxygen atoms in total. The van der Waals surface area contributed by atoms with Gasteiger partial charge >= 0.3 is 6.18 Å². The summed E-state index contributed by atoms with van der Waals surface area (Å²) in [6.07, 6.45) is -3.58. The van der Waals surface area contributed by atoms with E-state index in [2.05, 4.69) is 5.32 Å². The van der Waals surface area contributed by atoms with Crippen LogP contribution in [0.15, 0.2) is 24.3 Å². The number of likely N-dealkylation sites (tertiary alicyclic amines) is 1. The summed E-state index contributed by atoms with van der Waals surface area (Å²) in [6, 6.07) is 6.75. The lowest BCUT2D eigenvalue weighted by Crippen LogP contribution is -2.49. The van der Waals surface area contributed by atoms with Gasteiger partial charge in [0, 0.05) is 12.2 Å². The number of halogens is 3. The zero-order chi connectivity index (χ0) is 16.3. The third-order valence-corrected chi connectivity index (χ3v) is 4.16. The Morgan fingerprint density at radius 3 is 2.55 bits per heavy atom. The minimum Gasteiger partial charge on any atom is -0.325 e. The maximum absolute atomic E-state index is 12.8. The van der Waals surface area contributed by atoms with Gasteiger partial charge in [-0.15, -0.1) is 0 Å². The van der Waals surface area contributed by atoms with Crippen molar-refractivity contribution in [3.63, 3.8) is 0 Å². The molecule has 2 unspecified atom stereocenters. The fourth-order valence-electron chi connectivity index (χ4n) is 2.67. The van der Waals surface area contributed by atoms with Crippen LogP contribution in [0.5, 0.6) is 0 Å². The average Bonchev–Trinajstić information content (AvgIpc) is 2.48. The Kier molecular flexibility index (Phi) is 5.11. The smallest absolute Gasteiger partial charge is 0.325 e. The molecule has 2 rings (SSSR count). The summed E-state index contributed by atoms with van der Waals surface area (Å²) >= 11 is 0. The summed E-state index contributed by atoms with van der Waals surface area (Å²) < 4.78 is 38.5. The van der Waals surface area contributed by atoms with Crippen LogP contribution in [0.3, 0.4) is 0 Å². The maximum Gasteiger partial charge on any atom is 0.393 e. The molecule has 0 aromatic heterocycles. The molecule has 1 aliphatic rings. The summed E-state index contributed by atoms with van der Waals surface area (Å²) in [7, 11) is 0. The average molecular weight is 314 g/mol. The monoisotopic (exact) mass is 314 g/mol. The number of carbonyl (C=O) groups is 1. The molecule has 1 aliphatic heterocycles. The van der Waals surface area contributed by atoms with E-state index in [-0.39, 0.29) is 18.9 Å². The van der Waals surface area contributed by atoms with Crippen LogP contribution >= 0.6 is 0 Å². The summed E-state index contributed by atoms with van der Waals surface area (Å²) in [5, 5.41) is 2.76. The van der Waals surface area contributed by atoms with E-state index in [0.29, 0.717) is 18.7 Å². The highest BCUT2D eigenvalue weighted by molar-refractivity contribution is 5.94. The van der Waals surface area contributed by atoms with E-state index < -0.39 is 18.1 Å². The van der Waals surface area contributed by atoms with Gasteiger partial charge in [-0.2, -0.15) is 13.2 Å². The summed E-state index contributed by atoms with van der Waals surface area (Å²) in [6.45, 7) is 4.02. The van der Waals surface area contributed by atoms with Gasteiger partial charge in [-0.25, -0.2) is 0 Å². The zero-order valence-corrected chi connectivity index (χ0v) is 12.8. The predicted molar refractivity (Wildman–Crippen MR) is 79.6 cm³/mol. The van der Waals surface area contributed by atoms with Crippen molar-refractivity contribution in [1.82, 2.24) is 4.90 Å². The molecular formula is C16H21F3N2O. The highest BCUT2D eigenvalue weighted by Crippen LogP contribution is 2.33. The number of benzene rings is 1. The molecule has 0 bridgehead atoms. The van der Waals surface area contributed by atoms with E-state index in [1.54, 1.807) is 24.0 Å². The van der Waals surface area contributed by atoms with Crippen molar-refractivity contribution >= 4 is 11.6 Å². The molecule has 1 amide bonds. The van der Waals surface area contributed by atoms with Crippen molar-refractivity contribution in [2.75, 3.05) is 18.4 Å². The van der Waals surface area contributed by atoms with Gasteiger partial charge in [-0.3, -0.25) is 9.69 Å². The number of aryl methyl sites for hydroxylation is 1. The van der Waals surface area contributed by atoms with Gasteiger partial charge in [0.2, 0.25) is 5.91 Å². The van der Waals surface area contributed by atoms with Crippen LogP contribution in [0.25, 0.3) is 0 Å². The molecular weight excluding hydrogens is 293 g/mol. The minimum absolute atomic E-state index is 0.105. The molecule has 0 spiro atoms. The predicted octanol–water partition coefficient (Wildman–Crippen LogP) is 3.60. The topological polar surface area (TPSA) is 32.3 Å². The van der Waals surface area contributed by atoms with Crippen LogP contribution in [0, 0.1) is 12.8 Å². The first-order valence-electron chi connectivity index (χ1n) is 7.45. The molecule has 22 heavy (non-hydrogen) atoms. The first-order chi connectivity index (χ1) is 10.3. The Hall–Kier alpha value is -1.56. The lowest BCUT2D eigenvalue weighted by molar-refractivity contribution is -0.188. The van der Waals surface area contributed by atoms with Crippen molar-refractivity contribution in [1.29, 1.82) is 0 Å². The number of nitrogens with zero attached hydrogens (tertiary/aromatic N) is 1. The van der Waals surface area contributed by atoms with Crippen molar-refractivity contribution in [3.8, 4) is 0 Å². The van der Waals surface area contributed by atoms with E-state index in [4.69, 9.17) is 0 Å². The second kappa shape index (κ2) is 6.69. The van der Waals surface area contributed by atoms with Gasteiger partial charge in [0.25, 0.3) is 0 Å². The minimum atomic E-state index is -4.19. The Labute approximate surface area is 128 Å². The van der Waals surface area contributed by atoms with Crippen molar-refractivity contribution in [2.45, 2.75) is 38.9 Å². The van der Waals surface area contributed by atoms with Crippen LogP contribution in [-0.4, -0.2) is 36.1 Å². The number of amides is 1. The normalized spacial score (nSPS) is 21.4. The number of alkyl halides is 3. The molecule has 0 aliphatic carbocycles. The fraction of sp³-hybridized carbons (Fsp3) is 0.562. The van der Waals surface area contributed by atoms with Gasteiger partial charge in [-0.1, -0.05) is 17.7 Å². The summed E-state index contributed by atoms with van der Waals surface area (Å²) in [5.41, 5.74) is 1.74. The summed E-state index contributed by atoms with van der Waals surface area (Å²) in [5.74, 6) is -1.61. The van der Waals surface area contributed by atoms with Crippen LogP contribution < -0.4 is 5.32 Å². The first-order valence-corrected chi connectivity index (χ1v) is 7.45. The van der Waals surface area contributed by atoms with E-state index in [1.807, 2.05) is 19.1 Å². The summed E-state index contributed by atoms with van der Waals surface area (Å²) in [4.78, 5) is 13.8. The third kappa shape index (κ3) is 4.22. The number of hydrogen-bond acceptors (Lipinski definition) is 2. The zero-order valence-electron chi connectivity index (χ0n) is 12.8. The Balaban J connectivity index is 1.96. The maximum atomic E-state index is 12.8. The molecule has 1 saturated heterocycles. The van der Waals surface area contributed by atoms with Crippen LogP contribution in [-0.2, 0) is 4.79 Å². The highest BCUT2D eigenvalue weighted by atomic mass is 19.4. The molecule has 0 saturated carbocycles. The highest BCUT2D eigenvalue weighted by Gasteiger charge is 2.43.